The van der Waals surface area contributed by atoms with Crippen LogP contribution in [0.5, 0.6) is 5.75 Å². The van der Waals surface area contributed by atoms with Gasteiger partial charge in [0, 0.05) is 31.9 Å². The summed E-state index contributed by atoms with van der Waals surface area (Å²) in [7, 11) is 0. The first-order chi connectivity index (χ1) is 11.7. The molecule has 0 aliphatic rings. The van der Waals surface area contributed by atoms with Crippen LogP contribution in [0, 0.1) is 0 Å². The van der Waals surface area contributed by atoms with Crippen LogP contribution in [0.1, 0.15) is 35.6 Å². The number of aromatic nitrogens is 2. The van der Waals surface area contributed by atoms with Gasteiger partial charge in [0.15, 0.2) is 0 Å². The molecule has 0 atom stereocenters. The Morgan fingerprint density at radius 1 is 1.29 bits per heavy atom. The second-order valence-corrected chi connectivity index (χ2v) is 5.30. The molecule has 0 aliphatic heterocycles. The van der Waals surface area contributed by atoms with E-state index in [1.807, 2.05) is 38.1 Å². The van der Waals surface area contributed by atoms with Gasteiger partial charge >= 0.3 is 0 Å². The van der Waals surface area contributed by atoms with Gasteiger partial charge in [-0.05, 0) is 24.6 Å². The van der Waals surface area contributed by atoms with Gasteiger partial charge in [-0.2, -0.15) is 0 Å². The van der Waals surface area contributed by atoms with Gasteiger partial charge in [-0.25, -0.2) is 9.97 Å². The fraction of sp³-hybridized carbons (Fsp3) is 0.316. The summed E-state index contributed by atoms with van der Waals surface area (Å²) in [5.74, 6) is 1.42. The monoisotopic (exact) mass is 325 g/mol. The molecule has 0 spiro atoms. The lowest BCUT2D eigenvalue weighted by atomic mass is 10.2. The number of aryl methyl sites for hydroxylation is 1. The molecule has 5 heteroatoms. The number of carbonyl (C=O) groups excluding carboxylic acids is 1. The largest absolute Gasteiger partial charge is 0.494 e. The highest BCUT2D eigenvalue weighted by molar-refractivity contribution is 5.93. The van der Waals surface area contributed by atoms with Crippen LogP contribution in [0.3, 0.4) is 0 Å². The SMILES string of the molecule is C=CCN(Cc1cccc(OCC)c1)C(=O)c1cnc(CC)nc1. The Hall–Kier alpha value is -2.69. The first-order valence-corrected chi connectivity index (χ1v) is 8.10. The molecular formula is C19H23N3O2. The third-order valence-electron chi connectivity index (χ3n) is 3.49. The van der Waals surface area contributed by atoms with Gasteiger partial charge in [0.2, 0.25) is 0 Å². The fourth-order valence-electron chi connectivity index (χ4n) is 2.33. The van der Waals surface area contributed by atoms with Crippen LogP contribution in [0.4, 0.5) is 0 Å². The lowest BCUT2D eigenvalue weighted by molar-refractivity contribution is 0.0761. The van der Waals surface area contributed by atoms with Crippen LogP contribution in [0.2, 0.25) is 0 Å². The highest BCUT2D eigenvalue weighted by atomic mass is 16.5. The van der Waals surface area contributed by atoms with Crippen LogP contribution in [0.15, 0.2) is 49.3 Å². The minimum atomic E-state index is -0.112. The number of ether oxygens (including phenoxy) is 1. The molecule has 1 aromatic carbocycles. The molecule has 0 saturated heterocycles. The van der Waals surface area contributed by atoms with E-state index in [1.165, 1.54) is 0 Å². The second-order valence-electron chi connectivity index (χ2n) is 5.30. The maximum absolute atomic E-state index is 12.7. The lowest BCUT2D eigenvalue weighted by Crippen LogP contribution is -2.31. The van der Waals surface area contributed by atoms with Crippen molar-refractivity contribution in [2.45, 2.75) is 26.8 Å². The zero-order valence-electron chi connectivity index (χ0n) is 14.2. The topological polar surface area (TPSA) is 55.3 Å². The molecule has 2 rings (SSSR count). The summed E-state index contributed by atoms with van der Waals surface area (Å²) in [6, 6.07) is 7.76. The zero-order valence-corrected chi connectivity index (χ0v) is 14.2. The van der Waals surface area contributed by atoms with Crippen molar-refractivity contribution in [1.29, 1.82) is 0 Å². The molecule has 1 aromatic heterocycles. The number of nitrogens with zero attached hydrogens (tertiary/aromatic N) is 3. The van der Waals surface area contributed by atoms with Crippen LogP contribution < -0.4 is 4.74 Å². The average molecular weight is 325 g/mol. The number of hydrogen-bond acceptors (Lipinski definition) is 4. The van der Waals surface area contributed by atoms with E-state index in [2.05, 4.69) is 16.5 Å². The number of rotatable bonds is 8. The van der Waals surface area contributed by atoms with Crippen molar-refractivity contribution in [3.8, 4) is 5.75 Å². The molecule has 0 fully saturated rings. The second kappa shape index (κ2) is 8.82. The molecule has 2 aromatic rings. The average Bonchev–Trinajstić information content (AvgIpc) is 2.61. The molecule has 1 heterocycles. The zero-order chi connectivity index (χ0) is 17.4. The fourth-order valence-corrected chi connectivity index (χ4v) is 2.33. The summed E-state index contributed by atoms with van der Waals surface area (Å²) in [6.07, 6.45) is 5.63. The number of amides is 1. The number of hydrogen-bond donors (Lipinski definition) is 0. The summed E-state index contributed by atoms with van der Waals surface area (Å²) >= 11 is 0. The molecular weight excluding hydrogens is 302 g/mol. The lowest BCUT2D eigenvalue weighted by Gasteiger charge is -2.21. The van der Waals surface area contributed by atoms with Crippen molar-refractivity contribution in [1.82, 2.24) is 14.9 Å². The van der Waals surface area contributed by atoms with Crippen molar-refractivity contribution < 1.29 is 9.53 Å². The Morgan fingerprint density at radius 3 is 2.67 bits per heavy atom. The maximum Gasteiger partial charge on any atom is 0.257 e. The molecule has 0 bridgehead atoms. The first kappa shape index (κ1) is 17.7. The first-order valence-electron chi connectivity index (χ1n) is 8.10. The van der Waals surface area contributed by atoms with Crippen LogP contribution in [-0.2, 0) is 13.0 Å². The Bertz CT molecular complexity index is 683. The summed E-state index contributed by atoms with van der Waals surface area (Å²) in [5, 5.41) is 0. The molecule has 126 valence electrons. The quantitative estimate of drug-likeness (QED) is 0.699. The van der Waals surface area contributed by atoms with E-state index in [9.17, 15) is 4.79 Å². The van der Waals surface area contributed by atoms with Crippen LogP contribution in [-0.4, -0.2) is 33.9 Å². The smallest absolute Gasteiger partial charge is 0.257 e. The van der Waals surface area contributed by atoms with Gasteiger partial charge in [-0.3, -0.25) is 4.79 Å². The Balaban J connectivity index is 2.16. The molecule has 0 aliphatic carbocycles. The minimum Gasteiger partial charge on any atom is -0.494 e. The summed E-state index contributed by atoms with van der Waals surface area (Å²) in [5.41, 5.74) is 1.48. The van der Waals surface area contributed by atoms with Crippen molar-refractivity contribution in [2.24, 2.45) is 0 Å². The van der Waals surface area contributed by atoms with E-state index >= 15 is 0 Å². The van der Waals surface area contributed by atoms with E-state index in [-0.39, 0.29) is 5.91 Å². The predicted molar refractivity (Wildman–Crippen MR) is 94.0 cm³/mol. The Labute approximate surface area is 143 Å². The highest BCUT2D eigenvalue weighted by Gasteiger charge is 2.16. The van der Waals surface area contributed by atoms with Gasteiger partial charge in [-0.1, -0.05) is 25.1 Å². The van der Waals surface area contributed by atoms with Gasteiger partial charge in [0.1, 0.15) is 11.6 Å². The van der Waals surface area contributed by atoms with Gasteiger partial charge < -0.3 is 9.64 Å². The summed E-state index contributed by atoms with van der Waals surface area (Å²) < 4.78 is 5.52. The van der Waals surface area contributed by atoms with Crippen molar-refractivity contribution in [3.05, 3.63) is 66.3 Å². The molecule has 0 radical (unpaired) electrons. The van der Waals surface area contributed by atoms with E-state index in [0.29, 0.717) is 25.3 Å². The normalized spacial score (nSPS) is 10.2. The van der Waals surface area contributed by atoms with E-state index in [1.54, 1.807) is 23.4 Å². The van der Waals surface area contributed by atoms with Gasteiger partial charge in [0.05, 0.1) is 12.2 Å². The molecule has 5 nitrogen and oxygen atoms in total. The summed E-state index contributed by atoms with van der Waals surface area (Å²) in [4.78, 5) is 22.8. The molecule has 0 saturated carbocycles. The Kier molecular flexibility index (Phi) is 6.49. The maximum atomic E-state index is 12.7. The molecule has 0 unspecified atom stereocenters. The highest BCUT2D eigenvalue weighted by Crippen LogP contribution is 2.16. The van der Waals surface area contributed by atoms with Crippen LogP contribution >= 0.6 is 0 Å². The van der Waals surface area contributed by atoms with Crippen molar-refractivity contribution in [3.63, 3.8) is 0 Å². The Morgan fingerprint density at radius 2 is 2.04 bits per heavy atom. The number of carbonyl (C=O) groups is 1. The third kappa shape index (κ3) is 4.65. The predicted octanol–water partition coefficient (Wildman–Crippen LogP) is 3.27. The van der Waals surface area contributed by atoms with Gasteiger partial charge in [0.25, 0.3) is 5.91 Å². The summed E-state index contributed by atoms with van der Waals surface area (Å²) in [6.45, 7) is 9.20. The van der Waals surface area contributed by atoms with E-state index in [4.69, 9.17) is 4.74 Å². The van der Waals surface area contributed by atoms with Crippen molar-refractivity contribution in [2.75, 3.05) is 13.2 Å². The minimum absolute atomic E-state index is 0.112. The third-order valence-corrected chi connectivity index (χ3v) is 3.49. The van der Waals surface area contributed by atoms with Crippen molar-refractivity contribution >= 4 is 5.91 Å². The van der Waals surface area contributed by atoms with Crippen LogP contribution in [0.25, 0.3) is 0 Å². The molecule has 1 amide bonds. The van der Waals surface area contributed by atoms with E-state index < -0.39 is 0 Å². The molecule has 24 heavy (non-hydrogen) atoms. The molecule has 0 N–H and O–H groups in total. The van der Waals surface area contributed by atoms with Gasteiger partial charge in [-0.15, -0.1) is 6.58 Å². The van der Waals surface area contributed by atoms with E-state index in [0.717, 1.165) is 23.6 Å². The standard InChI is InChI=1S/C19H23N3O2/c1-4-10-22(14-15-8-7-9-17(11-15)24-6-3)19(23)16-12-20-18(5-2)21-13-16/h4,7-9,11-13H,1,5-6,10,14H2,2-3H3. The number of benzene rings is 1.